The molecule has 0 aliphatic carbocycles. The van der Waals surface area contributed by atoms with Gasteiger partial charge in [-0.15, -0.1) is 0 Å². The zero-order valence-electron chi connectivity index (χ0n) is 87.0. The molecule has 0 aliphatic heterocycles. The lowest BCUT2D eigenvalue weighted by molar-refractivity contribution is -0.584. The molecule has 4 atom stereocenters. The van der Waals surface area contributed by atoms with Crippen molar-refractivity contribution in [2.45, 2.75) is 298 Å². The second kappa shape index (κ2) is 52.2. The summed E-state index contributed by atoms with van der Waals surface area (Å²) in [5.74, 6) is -1.05. The highest BCUT2D eigenvalue weighted by atomic mass is 79.9. The van der Waals surface area contributed by atoms with Gasteiger partial charge in [0.05, 0.1) is 71.7 Å². The molecule has 0 fully saturated rings. The van der Waals surface area contributed by atoms with Gasteiger partial charge in [-0.1, -0.05) is 137 Å². The van der Waals surface area contributed by atoms with Crippen LogP contribution in [-0.2, 0) is 63.6 Å². The van der Waals surface area contributed by atoms with Crippen molar-refractivity contribution in [2.24, 2.45) is 21.7 Å². The van der Waals surface area contributed by atoms with E-state index in [4.69, 9.17) is 104 Å². The standard InChI is InChI=1S/C29H37ClN2O3.C28H34ClNO4.C28H34ClNO3.C22H30BrNO3.C6H6BClO2.4CH4/c1-18-15-23-22(14-13-21(32-23)16-31-8)26(19-9-11-20(30)12-10-19)25(18)24(35-29(5,6)7)17-34-27(33)28(2,3)4;1-17-15-22-21(14-9-18(2)30(22)32)25(19-10-12-20(29)13-11-19)24(17)23(34-28(6,7)8)16-33-26(31)27(3,4)5;1-17-15-22-21(14-9-18(2)30-22)25(19-10-12-20(29)13-11-19)24(17)23(33-28(6,7)8)16-32-26(31)27(3,4)5;1-13-11-16-15(10-9-14(2)24-16)19(23)18(13)17(27-22(6,7)8)12-26-20(25)21(3,4)5;8-6-3-1-5(2-4-6)7(9)10;;;;/h9-15,24,31H,16-17H2,1-8H3;9-15,23H,16H2,1-8H3;9-15,23H,16H2,1-8H3;9-11,17H,12H2,1-8H3;1-4,9-10H;4*1H4/t24-;2*23-;17-;;;;;/m1111...../s1. The van der Waals surface area contributed by atoms with E-state index in [-0.39, 0.29) is 91.7 Å². The second-order valence-electron chi connectivity index (χ2n) is 43.2. The number of pyridine rings is 4. The molecule has 778 valence electrons. The molecule has 20 nitrogen and oxygen atoms in total. The minimum atomic E-state index is -1.41. The molecule has 0 unspecified atom stereocenters. The summed E-state index contributed by atoms with van der Waals surface area (Å²) < 4.78 is 50.6. The number of aryl methyl sites for hydroxylation is 7. The second-order valence-corrected chi connectivity index (χ2v) is 45.8. The molecule has 8 aromatic carbocycles. The SMILES string of the molecule is C.C.C.C.CNCc1ccc2c(-c3ccc(Cl)cc3)c([C@@H](COC(=O)C(C)(C)C)OC(C)(C)C)c(C)cc2n1.Cc1cc2c(ccc(C)[n+]2[O-])c(-c2ccc(Cl)cc2)c1[C@@H](COC(=O)C(C)(C)C)OC(C)(C)C.Cc1ccc2c(-c3ccc(Cl)cc3)c([C@@H](COC(=O)C(C)(C)C)OC(C)(C)C)c(C)cc2n1.Cc1ccc2c(Br)c([C@@H](COC(=O)C(C)(C)C)OC(C)(C)C)c(C)cc2n1.OB(O)c1ccc(Cl)cc1. The number of carbonyl (C=O) groups is 4. The minimum absolute atomic E-state index is 0. The lowest BCUT2D eigenvalue weighted by Crippen LogP contribution is -2.32. The first-order valence-corrected chi connectivity index (χ1v) is 49.1. The number of rotatable bonds is 22. The van der Waals surface area contributed by atoms with E-state index in [9.17, 15) is 24.4 Å². The first-order chi connectivity index (χ1) is 64.2. The number of aromatic nitrogens is 4. The maximum absolute atomic E-state index is 12.9. The molecular formula is C117H157BBrCl4N5O15. The molecule has 3 N–H and O–H groups in total. The monoisotopic (exact) mass is 2100 g/mol. The number of nitrogens with one attached hydrogen (secondary N) is 1. The number of hydrogen-bond donors (Lipinski definition) is 3. The Hall–Kier alpha value is -9.50. The molecule has 4 heterocycles. The highest BCUT2D eigenvalue weighted by Crippen LogP contribution is 2.47. The summed E-state index contributed by atoms with van der Waals surface area (Å²) in [6, 6.07) is 53.6. The van der Waals surface area contributed by atoms with Crippen molar-refractivity contribution in [3.05, 3.63) is 267 Å². The van der Waals surface area contributed by atoms with Crippen LogP contribution >= 0.6 is 62.3 Å². The number of esters is 4. The van der Waals surface area contributed by atoms with Crippen LogP contribution in [0.1, 0.15) is 288 Å². The van der Waals surface area contributed by atoms with Gasteiger partial charge in [0.15, 0.2) is 5.69 Å². The van der Waals surface area contributed by atoms with Gasteiger partial charge in [-0.3, -0.25) is 34.1 Å². The lowest BCUT2D eigenvalue weighted by Gasteiger charge is -2.31. The number of halogens is 5. The fourth-order valence-electron chi connectivity index (χ4n) is 15.3. The number of fused-ring (bicyclic) bond motifs is 4. The van der Waals surface area contributed by atoms with Crippen molar-refractivity contribution in [2.75, 3.05) is 33.5 Å². The largest absolute Gasteiger partial charge is 0.618 e. The van der Waals surface area contributed by atoms with E-state index in [2.05, 4.69) is 76.5 Å². The zero-order chi connectivity index (χ0) is 104. The van der Waals surface area contributed by atoms with Crippen LogP contribution < -0.4 is 15.5 Å². The molecule has 4 aromatic heterocycles. The Bertz CT molecular complexity index is 6300. The summed E-state index contributed by atoms with van der Waals surface area (Å²) in [5.41, 5.74) is 16.8. The third-order valence-corrected chi connectivity index (χ3v) is 23.6. The third kappa shape index (κ3) is 36.3. The van der Waals surface area contributed by atoms with Crippen molar-refractivity contribution in [1.29, 1.82) is 0 Å². The number of ether oxygens (including phenoxy) is 8. The Kier molecular flexibility index (Phi) is 45.9. The first-order valence-electron chi connectivity index (χ1n) is 46.8. The van der Waals surface area contributed by atoms with Gasteiger partial charge in [0.2, 0.25) is 5.52 Å². The van der Waals surface area contributed by atoms with Gasteiger partial charge < -0.3 is 58.5 Å². The van der Waals surface area contributed by atoms with E-state index in [1.54, 1.807) is 31.2 Å². The predicted octanol–water partition coefficient (Wildman–Crippen LogP) is 30.1. The van der Waals surface area contributed by atoms with Gasteiger partial charge >= 0.3 is 31.0 Å². The number of benzene rings is 8. The predicted molar refractivity (Wildman–Crippen MR) is 597 cm³/mol. The van der Waals surface area contributed by atoms with Crippen molar-refractivity contribution in [3.8, 4) is 33.4 Å². The van der Waals surface area contributed by atoms with Crippen molar-refractivity contribution >= 4 is 142 Å². The van der Waals surface area contributed by atoms with E-state index >= 15 is 0 Å². The maximum Gasteiger partial charge on any atom is 0.488 e. The zero-order valence-corrected chi connectivity index (χ0v) is 91.6. The average Bonchev–Trinajstić information content (AvgIpc) is 0.761. The van der Waals surface area contributed by atoms with E-state index in [0.717, 1.165) is 142 Å². The lowest BCUT2D eigenvalue weighted by atomic mass is 9.81. The Morgan fingerprint density at radius 3 is 0.944 bits per heavy atom. The van der Waals surface area contributed by atoms with Crippen LogP contribution in [0.25, 0.3) is 77.0 Å². The minimum Gasteiger partial charge on any atom is -0.618 e. The van der Waals surface area contributed by atoms with Crippen molar-refractivity contribution < 1.29 is 71.9 Å². The fourth-order valence-corrected chi connectivity index (χ4v) is 16.7. The van der Waals surface area contributed by atoms with Crippen LogP contribution in [0.5, 0.6) is 0 Å². The number of carbonyl (C=O) groups excluding carboxylic acids is 4. The van der Waals surface area contributed by atoms with Gasteiger partial charge in [0.1, 0.15) is 50.8 Å². The molecular weight excluding hydrogens is 1950 g/mol. The van der Waals surface area contributed by atoms with Gasteiger partial charge in [0.25, 0.3) is 0 Å². The van der Waals surface area contributed by atoms with E-state index < -0.39 is 63.9 Å². The smallest absolute Gasteiger partial charge is 0.488 e. The summed E-state index contributed by atoms with van der Waals surface area (Å²) in [6.45, 7) is 61.1. The van der Waals surface area contributed by atoms with Gasteiger partial charge in [-0.25, -0.2) is 0 Å². The van der Waals surface area contributed by atoms with Crippen LogP contribution in [-0.4, -0.2) is 112 Å². The van der Waals surface area contributed by atoms with Crippen molar-refractivity contribution in [1.82, 2.24) is 20.3 Å². The number of nitrogens with zero attached hydrogens (tertiary/aromatic N) is 4. The highest BCUT2D eigenvalue weighted by Gasteiger charge is 2.37. The van der Waals surface area contributed by atoms with E-state index in [1.807, 2.05) is 310 Å². The molecule has 12 rings (SSSR count). The summed E-state index contributed by atoms with van der Waals surface area (Å²) in [5, 5.41) is 39.8. The van der Waals surface area contributed by atoms with Gasteiger partial charge in [-0.05, 0) is 400 Å². The fraction of sp³-hybridized carbons (Fsp3) is 0.453. The Balaban J connectivity index is 0.000000382. The average molecular weight is 2110 g/mol. The Morgan fingerprint density at radius 2 is 0.636 bits per heavy atom. The number of hydrogen-bond acceptors (Lipinski definition) is 19. The topological polar surface area (TPSA) is 260 Å². The Morgan fingerprint density at radius 1 is 0.371 bits per heavy atom. The molecule has 143 heavy (non-hydrogen) atoms. The van der Waals surface area contributed by atoms with Gasteiger partial charge in [0, 0.05) is 88.8 Å². The van der Waals surface area contributed by atoms with Crippen LogP contribution in [0.4, 0.5) is 0 Å². The molecule has 12 aromatic rings. The van der Waals surface area contributed by atoms with Crippen LogP contribution in [0.15, 0.2) is 174 Å². The Labute approximate surface area is 881 Å². The summed E-state index contributed by atoms with van der Waals surface area (Å²) >= 11 is 27.9. The molecule has 0 radical (unpaired) electrons. The van der Waals surface area contributed by atoms with Gasteiger partial charge in [-0.2, -0.15) is 4.73 Å². The normalized spacial score (nSPS) is 12.7. The van der Waals surface area contributed by atoms with E-state index in [0.29, 0.717) is 43.3 Å². The quantitative estimate of drug-likeness (QED) is 0.0187. The van der Waals surface area contributed by atoms with Crippen LogP contribution in [0.3, 0.4) is 0 Å². The molecule has 26 heteroatoms. The summed E-state index contributed by atoms with van der Waals surface area (Å²) in [7, 11) is 0.504. The van der Waals surface area contributed by atoms with E-state index in [1.165, 1.54) is 0 Å². The maximum atomic E-state index is 12.9. The summed E-state index contributed by atoms with van der Waals surface area (Å²) in [4.78, 5) is 64.4. The highest BCUT2D eigenvalue weighted by molar-refractivity contribution is 9.10. The first kappa shape index (κ1) is 126. The molecule has 0 aliphatic rings. The van der Waals surface area contributed by atoms with Crippen molar-refractivity contribution in [3.63, 3.8) is 0 Å². The summed E-state index contributed by atoms with van der Waals surface area (Å²) in [6.07, 6.45) is -1.83. The van der Waals surface area contributed by atoms with Crippen LogP contribution in [0, 0.1) is 75.3 Å². The molecule has 0 spiro atoms. The molecule has 0 saturated carbocycles. The third-order valence-electron chi connectivity index (χ3n) is 21.7. The molecule has 0 saturated heterocycles. The van der Waals surface area contributed by atoms with Crippen LogP contribution in [0.2, 0.25) is 20.1 Å². The molecule has 0 amide bonds. The molecule has 0 bridgehead atoms.